The number of nitrogens with zero attached hydrogens (tertiary/aromatic N) is 2. The van der Waals surface area contributed by atoms with Gasteiger partial charge in [0.1, 0.15) is 17.3 Å². The number of methoxy groups -OCH3 is 2. The molecule has 3 aromatic rings. The number of rotatable bonds is 5. The molecule has 0 radical (unpaired) electrons. The van der Waals surface area contributed by atoms with Crippen molar-refractivity contribution in [3.63, 3.8) is 0 Å². The van der Waals surface area contributed by atoms with E-state index in [-0.39, 0.29) is 11.9 Å². The largest absolute Gasteiger partial charge is 0.497 e. The van der Waals surface area contributed by atoms with Crippen LogP contribution in [0.15, 0.2) is 60.8 Å². The van der Waals surface area contributed by atoms with E-state index >= 15 is 0 Å². The summed E-state index contributed by atoms with van der Waals surface area (Å²) < 4.78 is 27.9. The molecule has 0 saturated carbocycles. The molecule has 0 fully saturated rings. The van der Waals surface area contributed by atoms with Crippen molar-refractivity contribution >= 4 is 0 Å². The van der Waals surface area contributed by atoms with Gasteiger partial charge in [0.2, 0.25) is 0 Å². The zero-order valence-corrected chi connectivity index (χ0v) is 16.3. The summed E-state index contributed by atoms with van der Waals surface area (Å²) in [6.45, 7) is 2.47. The van der Waals surface area contributed by atoms with Crippen LogP contribution in [-0.2, 0) is 13.1 Å². The van der Waals surface area contributed by atoms with Crippen molar-refractivity contribution < 1.29 is 13.9 Å². The average molecular weight is 380 g/mol. The van der Waals surface area contributed by atoms with E-state index in [0.717, 1.165) is 42.3 Å². The van der Waals surface area contributed by atoms with Crippen LogP contribution in [0.4, 0.5) is 4.39 Å². The highest BCUT2D eigenvalue weighted by Gasteiger charge is 2.29. The van der Waals surface area contributed by atoms with Gasteiger partial charge in [-0.1, -0.05) is 24.3 Å². The SMILES string of the molecule is COc1ccc(CN2CCCn3cccc3[C@@H]2c2ccccc2F)c(OC)c1. The van der Waals surface area contributed by atoms with Gasteiger partial charge in [0.05, 0.1) is 20.3 Å². The van der Waals surface area contributed by atoms with E-state index in [1.807, 2.05) is 36.4 Å². The Balaban J connectivity index is 1.75. The summed E-state index contributed by atoms with van der Waals surface area (Å²) in [5.74, 6) is 1.37. The lowest BCUT2D eigenvalue weighted by Gasteiger charge is -2.31. The lowest BCUT2D eigenvalue weighted by atomic mass is 10.00. The summed E-state index contributed by atoms with van der Waals surface area (Å²) in [5, 5.41) is 0. The van der Waals surface area contributed by atoms with Crippen LogP contribution in [0.1, 0.15) is 29.3 Å². The predicted molar refractivity (Wildman–Crippen MR) is 107 cm³/mol. The minimum absolute atomic E-state index is 0.148. The van der Waals surface area contributed by atoms with Crippen molar-refractivity contribution in [2.75, 3.05) is 20.8 Å². The van der Waals surface area contributed by atoms with Crippen LogP contribution in [-0.4, -0.2) is 30.2 Å². The molecule has 0 saturated heterocycles. The molecule has 146 valence electrons. The molecule has 1 atom stereocenters. The zero-order valence-electron chi connectivity index (χ0n) is 16.3. The van der Waals surface area contributed by atoms with E-state index in [1.54, 1.807) is 26.4 Å². The Hall–Kier alpha value is -2.79. The van der Waals surface area contributed by atoms with Crippen molar-refractivity contribution in [3.05, 3.63) is 83.4 Å². The van der Waals surface area contributed by atoms with Gasteiger partial charge in [-0.05, 0) is 30.7 Å². The highest BCUT2D eigenvalue weighted by atomic mass is 19.1. The van der Waals surface area contributed by atoms with Crippen molar-refractivity contribution in [1.29, 1.82) is 0 Å². The number of fused-ring (bicyclic) bond motifs is 1. The fraction of sp³-hybridized carbons (Fsp3) is 0.304. The molecule has 5 heteroatoms. The highest BCUT2D eigenvalue weighted by Crippen LogP contribution is 2.36. The third-order valence-electron chi connectivity index (χ3n) is 5.42. The molecule has 28 heavy (non-hydrogen) atoms. The van der Waals surface area contributed by atoms with Crippen molar-refractivity contribution in [1.82, 2.24) is 9.47 Å². The molecule has 4 rings (SSSR count). The normalized spacial score (nSPS) is 17.0. The first kappa shape index (κ1) is 18.6. The first-order chi connectivity index (χ1) is 13.7. The number of hydrogen-bond donors (Lipinski definition) is 0. The maximum Gasteiger partial charge on any atom is 0.128 e. The van der Waals surface area contributed by atoms with Gasteiger partial charge in [-0.2, -0.15) is 0 Å². The molecule has 0 unspecified atom stereocenters. The standard InChI is InChI=1S/C23H25FN2O2/c1-27-18-11-10-17(22(15-18)28-2)16-26-14-6-13-25-12-5-9-21(25)23(26)19-7-3-4-8-20(19)24/h3-5,7-12,15,23H,6,13-14,16H2,1-2H3/t23-/m0/s1. The molecular formula is C23H25FN2O2. The highest BCUT2D eigenvalue weighted by molar-refractivity contribution is 5.41. The first-order valence-corrected chi connectivity index (χ1v) is 9.55. The first-order valence-electron chi connectivity index (χ1n) is 9.55. The summed E-state index contributed by atoms with van der Waals surface area (Å²) in [6, 6.07) is 16.9. The average Bonchev–Trinajstić information content (AvgIpc) is 3.11. The van der Waals surface area contributed by atoms with E-state index in [0.29, 0.717) is 12.1 Å². The van der Waals surface area contributed by atoms with Gasteiger partial charge in [-0.3, -0.25) is 4.90 Å². The fourth-order valence-corrected chi connectivity index (χ4v) is 4.06. The van der Waals surface area contributed by atoms with E-state index in [9.17, 15) is 4.39 Å². The van der Waals surface area contributed by atoms with Crippen LogP contribution >= 0.6 is 0 Å². The molecule has 0 N–H and O–H groups in total. The maximum atomic E-state index is 14.8. The topological polar surface area (TPSA) is 26.6 Å². The summed E-state index contributed by atoms with van der Waals surface area (Å²) in [7, 11) is 3.31. The fourth-order valence-electron chi connectivity index (χ4n) is 4.06. The number of aryl methyl sites for hydroxylation is 1. The summed E-state index contributed by atoms with van der Waals surface area (Å²) >= 11 is 0. The molecule has 1 aliphatic heterocycles. The number of benzene rings is 2. The Labute approximate surface area is 165 Å². The predicted octanol–water partition coefficient (Wildman–Crippen LogP) is 4.64. The minimum atomic E-state index is -0.172. The number of halogens is 1. The number of ether oxygens (including phenoxy) is 2. The maximum absolute atomic E-state index is 14.8. The van der Waals surface area contributed by atoms with E-state index in [1.165, 1.54) is 0 Å². The van der Waals surface area contributed by atoms with E-state index in [4.69, 9.17) is 9.47 Å². The second-order valence-electron chi connectivity index (χ2n) is 7.05. The van der Waals surface area contributed by atoms with Gasteiger partial charge in [0.25, 0.3) is 0 Å². The van der Waals surface area contributed by atoms with Gasteiger partial charge in [0.15, 0.2) is 0 Å². The third-order valence-corrected chi connectivity index (χ3v) is 5.42. The smallest absolute Gasteiger partial charge is 0.128 e. The molecule has 4 nitrogen and oxygen atoms in total. The summed E-state index contributed by atoms with van der Waals surface area (Å²) in [5.41, 5.74) is 2.89. The Morgan fingerprint density at radius 1 is 1.00 bits per heavy atom. The Morgan fingerprint density at radius 2 is 1.86 bits per heavy atom. The van der Waals surface area contributed by atoms with Gasteiger partial charge >= 0.3 is 0 Å². The number of hydrogen-bond acceptors (Lipinski definition) is 3. The monoisotopic (exact) mass is 380 g/mol. The van der Waals surface area contributed by atoms with Gasteiger partial charge in [-0.15, -0.1) is 0 Å². The van der Waals surface area contributed by atoms with Crippen LogP contribution in [0.3, 0.4) is 0 Å². The molecule has 1 aliphatic rings. The lowest BCUT2D eigenvalue weighted by molar-refractivity contribution is 0.213. The van der Waals surface area contributed by atoms with Crippen LogP contribution < -0.4 is 9.47 Å². The summed E-state index contributed by atoms with van der Waals surface area (Å²) in [4.78, 5) is 2.33. The summed E-state index contributed by atoms with van der Waals surface area (Å²) in [6.07, 6.45) is 3.09. The van der Waals surface area contributed by atoms with Gasteiger partial charge in [0, 0.05) is 48.7 Å². The number of aromatic nitrogens is 1. The second-order valence-corrected chi connectivity index (χ2v) is 7.05. The van der Waals surface area contributed by atoms with Crippen LogP contribution in [0.2, 0.25) is 0 Å². The molecule has 0 amide bonds. The molecule has 0 spiro atoms. The lowest BCUT2D eigenvalue weighted by Crippen LogP contribution is -2.30. The van der Waals surface area contributed by atoms with Crippen molar-refractivity contribution in [3.8, 4) is 11.5 Å². The molecule has 1 aromatic heterocycles. The van der Waals surface area contributed by atoms with Crippen molar-refractivity contribution in [2.45, 2.75) is 25.6 Å². The third kappa shape index (κ3) is 3.50. The quantitative estimate of drug-likeness (QED) is 0.645. The Kier molecular flexibility index (Phi) is 5.35. The van der Waals surface area contributed by atoms with Gasteiger partial charge in [-0.25, -0.2) is 4.39 Å². The zero-order chi connectivity index (χ0) is 19.5. The minimum Gasteiger partial charge on any atom is -0.497 e. The molecule has 0 bridgehead atoms. The van der Waals surface area contributed by atoms with Gasteiger partial charge < -0.3 is 14.0 Å². The van der Waals surface area contributed by atoms with E-state index < -0.39 is 0 Å². The molecular weight excluding hydrogens is 355 g/mol. The molecule has 0 aliphatic carbocycles. The van der Waals surface area contributed by atoms with E-state index in [2.05, 4.69) is 21.7 Å². The van der Waals surface area contributed by atoms with Crippen LogP contribution in [0.5, 0.6) is 11.5 Å². The van der Waals surface area contributed by atoms with Crippen LogP contribution in [0.25, 0.3) is 0 Å². The van der Waals surface area contributed by atoms with Crippen LogP contribution in [0, 0.1) is 5.82 Å². The Morgan fingerprint density at radius 3 is 2.64 bits per heavy atom. The molecule has 2 heterocycles. The Bertz CT molecular complexity index is 953. The molecule has 2 aromatic carbocycles. The van der Waals surface area contributed by atoms with Crippen molar-refractivity contribution in [2.24, 2.45) is 0 Å². The second kappa shape index (κ2) is 8.07.